The van der Waals surface area contributed by atoms with E-state index in [4.69, 9.17) is 9.47 Å². The van der Waals surface area contributed by atoms with Crippen molar-refractivity contribution in [2.24, 2.45) is 5.92 Å². The largest absolute Gasteiger partial charge is 0.465 e. The van der Waals surface area contributed by atoms with E-state index in [9.17, 15) is 19.2 Å². The fourth-order valence-electron chi connectivity index (χ4n) is 8.81. The van der Waals surface area contributed by atoms with Crippen LogP contribution in [0.25, 0.3) is 0 Å². The van der Waals surface area contributed by atoms with Crippen molar-refractivity contribution in [1.82, 2.24) is 9.80 Å². The summed E-state index contributed by atoms with van der Waals surface area (Å²) in [5.41, 5.74) is 1.37. The van der Waals surface area contributed by atoms with Crippen LogP contribution in [0.15, 0.2) is 12.2 Å². The summed E-state index contributed by atoms with van der Waals surface area (Å²) in [6, 6.07) is 0. The summed E-state index contributed by atoms with van der Waals surface area (Å²) in [7, 11) is 3.99. The van der Waals surface area contributed by atoms with Crippen LogP contribution in [0.1, 0.15) is 253 Å². The number of ether oxygens (including phenoxy) is 2. The van der Waals surface area contributed by atoms with E-state index in [2.05, 4.69) is 43.1 Å². The molecule has 0 saturated carbocycles. The third-order valence-electron chi connectivity index (χ3n) is 12.9. The van der Waals surface area contributed by atoms with Crippen LogP contribution in [0.5, 0.6) is 0 Å². The van der Waals surface area contributed by atoms with Gasteiger partial charge < -0.3 is 24.6 Å². The van der Waals surface area contributed by atoms with Crippen molar-refractivity contribution in [3.63, 3.8) is 0 Å². The number of carbonyl (C=O) groups is 4. The first-order valence-electron chi connectivity index (χ1n) is 27.1. The molecule has 0 spiro atoms. The van der Waals surface area contributed by atoms with Crippen molar-refractivity contribution < 1.29 is 28.7 Å². The molecule has 10 heteroatoms. The van der Waals surface area contributed by atoms with Gasteiger partial charge in [-0.25, -0.2) is 4.79 Å². The zero-order chi connectivity index (χ0) is 47.2. The van der Waals surface area contributed by atoms with Gasteiger partial charge in [0.1, 0.15) is 5.00 Å². The van der Waals surface area contributed by atoms with Crippen LogP contribution in [-0.2, 0) is 36.8 Å². The number of hydrogen-bond acceptors (Lipinski definition) is 8. The SMILES string of the molecule is CCCCCCCC/C=C\CCCCCCCC(=O)Nc1sc2c(c1C(=O)OCCCN(C)C)CCN(C(=O)CCCCCOC(=O)C(CCCCCCCC)CCCCCCCC)C2. The molecule has 374 valence electrons. The first-order valence-corrected chi connectivity index (χ1v) is 27.9. The number of esters is 2. The number of fused-ring (bicyclic) bond motifs is 1. The summed E-state index contributed by atoms with van der Waals surface area (Å²) in [6.07, 6.45) is 41.4. The van der Waals surface area contributed by atoms with Crippen molar-refractivity contribution in [1.29, 1.82) is 0 Å². The first-order chi connectivity index (χ1) is 31.7. The second kappa shape index (κ2) is 39.3. The van der Waals surface area contributed by atoms with Gasteiger partial charge in [0.05, 0.1) is 31.2 Å². The van der Waals surface area contributed by atoms with Crippen LogP contribution in [0, 0.1) is 5.92 Å². The molecule has 0 unspecified atom stereocenters. The maximum Gasteiger partial charge on any atom is 0.341 e. The highest BCUT2D eigenvalue weighted by molar-refractivity contribution is 7.17. The predicted octanol–water partition coefficient (Wildman–Crippen LogP) is 14.9. The summed E-state index contributed by atoms with van der Waals surface area (Å²) >= 11 is 1.42. The van der Waals surface area contributed by atoms with Crippen LogP contribution in [0.4, 0.5) is 5.00 Å². The van der Waals surface area contributed by atoms with E-state index >= 15 is 0 Å². The minimum absolute atomic E-state index is 0.00597. The Kier molecular flexibility index (Phi) is 35.3. The van der Waals surface area contributed by atoms with E-state index in [0.717, 1.165) is 94.0 Å². The minimum atomic E-state index is -0.394. The maximum atomic E-state index is 13.5. The van der Waals surface area contributed by atoms with E-state index in [1.165, 1.54) is 133 Å². The number of anilines is 1. The molecular formula is C55H97N3O6S. The Hall–Kier alpha value is -2.72. The van der Waals surface area contributed by atoms with Gasteiger partial charge in [0.15, 0.2) is 0 Å². The third-order valence-corrected chi connectivity index (χ3v) is 14.1. The number of rotatable bonds is 42. The van der Waals surface area contributed by atoms with E-state index in [0.29, 0.717) is 56.1 Å². The monoisotopic (exact) mass is 928 g/mol. The Morgan fingerprint density at radius 3 is 1.72 bits per heavy atom. The lowest BCUT2D eigenvalue weighted by molar-refractivity contribution is -0.149. The van der Waals surface area contributed by atoms with Gasteiger partial charge in [0.25, 0.3) is 0 Å². The van der Waals surface area contributed by atoms with Crippen molar-refractivity contribution in [3.8, 4) is 0 Å². The van der Waals surface area contributed by atoms with Crippen LogP contribution < -0.4 is 5.32 Å². The predicted molar refractivity (Wildman–Crippen MR) is 274 cm³/mol. The van der Waals surface area contributed by atoms with Crippen molar-refractivity contribution >= 4 is 40.1 Å². The van der Waals surface area contributed by atoms with Crippen LogP contribution in [0.2, 0.25) is 0 Å². The van der Waals surface area contributed by atoms with Gasteiger partial charge in [-0.3, -0.25) is 14.4 Å². The van der Waals surface area contributed by atoms with Crippen LogP contribution >= 0.6 is 11.3 Å². The molecule has 0 atom stereocenters. The van der Waals surface area contributed by atoms with Gasteiger partial charge in [0, 0.05) is 30.8 Å². The molecule has 65 heavy (non-hydrogen) atoms. The molecular weight excluding hydrogens is 831 g/mol. The highest BCUT2D eigenvalue weighted by Gasteiger charge is 2.31. The molecule has 0 fully saturated rings. The van der Waals surface area contributed by atoms with Gasteiger partial charge in [-0.05, 0) is 96.7 Å². The number of allylic oxidation sites excluding steroid dienone is 2. The zero-order valence-corrected chi connectivity index (χ0v) is 43.4. The molecule has 0 bridgehead atoms. The quantitative estimate of drug-likeness (QED) is 0.0395. The maximum absolute atomic E-state index is 13.5. The lowest BCUT2D eigenvalue weighted by atomic mass is 9.94. The molecule has 0 saturated heterocycles. The molecule has 1 aromatic heterocycles. The summed E-state index contributed by atoms with van der Waals surface area (Å²) < 4.78 is 11.6. The second-order valence-corrected chi connectivity index (χ2v) is 20.3. The van der Waals surface area contributed by atoms with Gasteiger partial charge in [-0.1, -0.05) is 161 Å². The zero-order valence-electron chi connectivity index (χ0n) is 42.6. The highest BCUT2D eigenvalue weighted by Crippen LogP contribution is 2.38. The number of nitrogens with one attached hydrogen (secondary N) is 1. The Morgan fingerprint density at radius 2 is 1.14 bits per heavy atom. The Balaban J connectivity index is 1.81. The van der Waals surface area contributed by atoms with E-state index in [-0.39, 0.29) is 23.7 Å². The lowest BCUT2D eigenvalue weighted by Gasteiger charge is -2.27. The molecule has 2 amide bonds. The fraction of sp³-hybridized carbons (Fsp3) is 0.818. The molecule has 0 aromatic carbocycles. The van der Waals surface area contributed by atoms with Gasteiger partial charge >= 0.3 is 11.9 Å². The molecule has 1 aliphatic rings. The summed E-state index contributed by atoms with van der Waals surface area (Å²) in [4.78, 5) is 58.2. The third kappa shape index (κ3) is 28.3. The minimum Gasteiger partial charge on any atom is -0.465 e. The first kappa shape index (κ1) is 58.4. The summed E-state index contributed by atoms with van der Waals surface area (Å²) in [5.74, 6) is -0.395. The molecule has 1 N–H and O–H groups in total. The van der Waals surface area contributed by atoms with Gasteiger partial charge in [0.2, 0.25) is 11.8 Å². The molecule has 0 radical (unpaired) electrons. The Labute approximate surface area is 402 Å². The van der Waals surface area contributed by atoms with Crippen molar-refractivity contribution in [2.75, 3.05) is 45.7 Å². The van der Waals surface area contributed by atoms with Gasteiger partial charge in [-0.15, -0.1) is 11.3 Å². The number of thiophene rings is 1. The molecule has 9 nitrogen and oxygen atoms in total. The molecule has 2 rings (SSSR count). The summed E-state index contributed by atoms with van der Waals surface area (Å²) in [5, 5.41) is 3.63. The number of nitrogens with zero attached hydrogens (tertiary/aromatic N) is 2. The Bertz CT molecular complexity index is 1410. The topological polar surface area (TPSA) is 105 Å². The van der Waals surface area contributed by atoms with Crippen molar-refractivity contribution in [3.05, 3.63) is 28.2 Å². The normalized spacial score (nSPS) is 12.7. The van der Waals surface area contributed by atoms with Crippen molar-refractivity contribution in [2.45, 2.75) is 246 Å². The molecule has 2 heterocycles. The number of carbonyl (C=O) groups excluding carboxylic acids is 4. The van der Waals surface area contributed by atoms with Crippen LogP contribution in [-0.4, -0.2) is 74.0 Å². The second-order valence-electron chi connectivity index (χ2n) is 19.2. The van der Waals surface area contributed by atoms with E-state index in [1.54, 1.807) is 0 Å². The van der Waals surface area contributed by atoms with E-state index < -0.39 is 5.97 Å². The molecule has 1 aromatic rings. The summed E-state index contributed by atoms with van der Waals surface area (Å²) in [6.45, 7) is 9.25. The number of hydrogen-bond donors (Lipinski definition) is 1. The Morgan fingerprint density at radius 1 is 0.631 bits per heavy atom. The number of amides is 2. The van der Waals surface area contributed by atoms with Crippen LogP contribution in [0.3, 0.4) is 0 Å². The molecule has 1 aliphatic heterocycles. The smallest absolute Gasteiger partial charge is 0.341 e. The lowest BCUT2D eigenvalue weighted by Crippen LogP contribution is -2.35. The molecule has 0 aliphatic carbocycles. The average molecular weight is 928 g/mol. The number of unbranched alkanes of at least 4 members (excludes halogenated alkanes) is 23. The average Bonchev–Trinajstić information content (AvgIpc) is 3.65. The standard InChI is InChI=1S/C55H97N3O6S/c1-6-9-12-15-18-19-20-21-22-23-24-25-26-29-33-39-50(59)56-53-52(55(62)64-45-36-42-57(4)5)48-41-43-58(46-49(48)65-53)51(60)40-34-30-35-44-63-54(61)47(37-31-27-16-13-10-7-2)38-32-28-17-14-11-8-3/h21-22,47H,6-20,23-46H2,1-5H3,(H,56,59)/b22-21-. The van der Waals surface area contributed by atoms with Gasteiger partial charge in [-0.2, -0.15) is 0 Å². The highest BCUT2D eigenvalue weighted by atomic mass is 32.1. The fourth-order valence-corrected chi connectivity index (χ4v) is 10.1. The van der Waals surface area contributed by atoms with E-state index in [1.807, 2.05) is 19.0 Å².